The Morgan fingerprint density at radius 1 is 1.23 bits per heavy atom. The van der Waals surface area contributed by atoms with Gasteiger partial charge in [-0.15, -0.1) is 0 Å². The fourth-order valence-electron chi connectivity index (χ4n) is 5.00. The second-order valence-corrected chi connectivity index (χ2v) is 10.6. The molecule has 0 radical (unpaired) electrons. The van der Waals surface area contributed by atoms with Crippen LogP contribution >= 0.6 is 11.9 Å². The van der Waals surface area contributed by atoms with Crippen molar-refractivity contribution < 1.29 is 22.4 Å². The topological polar surface area (TPSA) is 106 Å². The minimum Gasteiger partial charge on any atom is -0.402 e. The van der Waals surface area contributed by atoms with E-state index in [2.05, 4.69) is 10.1 Å². The molecule has 0 amide bonds. The van der Waals surface area contributed by atoms with Crippen LogP contribution in [0.15, 0.2) is 65.6 Å². The number of aromatic nitrogens is 3. The Labute approximate surface area is 226 Å². The molecule has 0 bridgehead atoms. The minimum absolute atomic E-state index is 0.187. The minimum atomic E-state index is -4.62. The van der Waals surface area contributed by atoms with Crippen LogP contribution in [0.3, 0.4) is 0 Å². The lowest BCUT2D eigenvalue weighted by atomic mass is 9.65. The van der Waals surface area contributed by atoms with Crippen molar-refractivity contribution in [3.8, 4) is 5.69 Å². The first-order valence-electron chi connectivity index (χ1n) is 12.0. The molecule has 2 aromatic heterocycles. The lowest BCUT2D eigenvalue weighted by Crippen LogP contribution is -2.50. The Morgan fingerprint density at radius 3 is 2.64 bits per heavy atom. The van der Waals surface area contributed by atoms with Gasteiger partial charge in [-0.05, 0) is 72.8 Å². The number of pyridine rings is 1. The van der Waals surface area contributed by atoms with E-state index in [1.165, 1.54) is 35.3 Å². The number of fused-ring (bicyclic) bond motifs is 2. The molecule has 8 nitrogen and oxygen atoms in total. The zero-order valence-electron chi connectivity index (χ0n) is 20.8. The Balaban J connectivity index is 1.58. The number of rotatable bonds is 6. The highest BCUT2D eigenvalue weighted by molar-refractivity contribution is 8.00. The summed E-state index contributed by atoms with van der Waals surface area (Å²) >= 11 is 1.27. The summed E-state index contributed by atoms with van der Waals surface area (Å²) in [6, 6.07) is 7.51. The van der Waals surface area contributed by atoms with Crippen LogP contribution in [0.5, 0.6) is 0 Å². The molecule has 13 heteroatoms. The molecule has 1 unspecified atom stereocenters. The molecule has 3 heterocycles. The molecule has 204 valence electrons. The normalized spacial score (nSPS) is 19.7. The molecule has 5 rings (SSSR count). The van der Waals surface area contributed by atoms with Crippen LogP contribution in [0.2, 0.25) is 0 Å². The molecule has 39 heavy (non-hydrogen) atoms. The van der Waals surface area contributed by atoms with Gasteiger partial charge < -0.3 is 10.7 Å². The van der Waals surface area contributed by atoms with E-state index in [1.54, 1.807) is 30.1 Å². The van der Waals surface area contributed by atoms with Crippen molar-refractivity contribution in [3.63, 3.8) is 0 Å². The van der Waals surface area contributed by atoms with Gasteiger partial charge in [-0.1, -0.05) is 5.57 Å². The number of nitrogens with zero attached hydrogens (tertiary/aromatic N) is 5. The Kier molecular flexibility index (Phi) is 6.99. The van der Waals surface area contributed by atoms with E-state index < -0.39 is 22.9 Å². The number of halogens is 4. The predicted octanol–water partition coefficient (Wildman–Crippen LogP) is 4.15. The van der Waals surface area contributed by atoms with Crippen LogP contribution in [-0.2, 0) is 12.6 Å². The summed E-state index contributed by atoms with van der Waals surface area (Å²) in [5.41, 5.74) is 6.22. The Morgan fingerprint density at radius 2 is 1.97 bits per heavy atom. The Hall–Kier alpha value is -3.68. The van der Waals surface area contributed by atoms with Crippen LogP contribution in [0.1, 0.15) is 33.7 Å². The van der Waals surface area contributed by atoms with Gasteiger partial charge in [0.2, 0.25) is 0 Å². The second-order valence-electron chi connectivity index (χ2n) is 9.45. The third-order valence-electron chi connectivity index (χ3n) is 6.92. The molecule has 1 saturated heterocycles. The summed E-state index contributed by atoms with van der Waals surface area (Å²) in [4.78, 5) is 18.2. The molecule has 1 atom stereocenters. The maximum Gasteiger partial charge on any atom is 0.416 e. The number of Topliss-reactive ketones (excluding diaryl/α,β-unsaturated/α-hetero) is 1. The Bertz CT molecular complexity index is 1470. The van der Waals surface area contributed by atoms with Crippen molar-refractivity contribution in [3.05, 3.63) is 93.9 Å². The maximum atomic E-state index is 14.1. The quantitative estimate of drug-likeness (QED) is 0.153. The number of hydrogen-bond acceptors (Lipinski definition) is 8. The highest BCUT2D eigenvalue weighted by Crippen LogP contribution is 2.48. The fraction of sp³-hybridized carbons (Fsp3) is 0.269. The molecule has 1 aromatic carbocycles. The number of alkyl halides is 3. The molecular weight excluding hydrogens is 534 g/mol. The van der Waals surface area contributed by atoms with Gasteiger partial charge in [0.05, 0.1) is 28.6 Å². The standard InChI is InChI=1S/C26H25F4N7OS/c1-35(32)23(13-31)39-36-9-7-17-11-22-16(14-34-37(22)20-4-2-19(27)3-5-20)12-25(17,15-36)24(38)21-10-18(6-8-33-21)26(28,29)30/h2-6,8,10-11,13-14H,7,9,12,15,31-32H2,1H3/b23-13+. The van der Waals surface area contributed by atoms with E-state index in [1.807, 2.05) is 10.4 Å². The van der Waals surface area contributed by atoms with Gasteiger partial charge in [0.25, 0.3) is 0 Å². The third kappa shape index (κ3) is 5.04. The van der Waals surface area contributed by atoms with E-state index in [0.717, 1.165) is 35.2 Å². The van der Waals surface area contributed by atoms with E-state index in [4.69, 9.17) is 11.6 Å². The molecule has 1 fully saturated rings. The smallest absolute Gasteiger partial charge is 0.402 e. The molecule has 1 aliphatic heterocycles. The SMILES string of the molecule is CN(N)/C(=C\N)SN1CCC2=Cc3c(cnn3-c3ccc(F)cc3)CC2(C(=O)c2cc(C(F)(F)F)ccn2)C1. The lowest BCUT2D eigenvalue weighted by Gasteiger charge is -2.45. The molecule has 0 saturated carbocycles. The number of carbonyl (C=O) groups excluding carboxylic acids is 1. The maximum absolute atomic E-state index is 14.1. The summed E-state index contributed by atoms with van der Waals surface area (Å²) in [7, 11) is 1.63. The van der Waals surface area contributed by atoms with Gasteiger partial charge >= 0.3 is 6.18 Å². The van der Waals surface area contributed by atoms with Crippen molar-refractivity contribution in [1.82, 2.24) is 24.1 Å². The zero-order valence-corrected chi connectivity index (χ0v) is 21.6. The van der Waals surface area contributed by atoms with Crippen LogP contribution in [0.25, 0.3) is 11.8 Å². The first kappa shape index (κ1) is 26.9. The van der Waals surface area contributed by atoms with Crippen molar-refractivity contribution in [2.24, 2.45) is 17.0 Å². The first-order valence-corrected chi connectivity index (χ1v) is 12.7. The molecule has 0 spiro atoms. The number of hydrogen-bond donors (Lipinski definition) is 2. The average Bonchev–Trinajstić information content (AvgIpc) is 3.31. The predicted molar refractivity (Wildman–Crippen MR) is 139 cm³/mol. The van der Waals surface area contributed by atoms with Gasteiger partial charge in [0.1, 0.15) is 16.5 Å². The van der Waals surface area contributed by atoms with E-state index in [-0.39, 0.29) is 24.5 Å². The van der Waals surface area contributed by atoms with E-state index in [9.17, 15) is 22.4 Å². The first-order chi connectivity index (χ1) is 18.5. The number of hydrazine groups is 1. The van der Waals surface area contributed by atoms with Crippen molar-refractivity contribution >= 4 is 23.8 Å². The van der Waals surface area contributed by atoms with Gasteiger partial charge in [0, 0.05) is 32.5 Å². The van der Waals surface area contributed by atoms with Gasteiger partial charge in [-0.3, -0.25) is 9.78 Å². The van der Waals surface area contributed by atoms with Crippen LogP contribution in [0, 0.1) is 11.2 Å². The van der Waals surface area contributed by atoms with Gasteiger partial charge in [-0.25, -0.2) is 19.2 Å². The zero-order chi connectivity index (χ0) is 27.9. The van der Waals surface area contributed by atoms with Gasteiger partial charge in [-0.2, -0.15) is 18.3 Å². The highest BCUT2D eigenvalue weighted by Gasteiger charge is 2.50. The summed E-state index contributed by atoms with van der Waals surface area (Å²) in [5.74, 6) is 4.99. The summed E-state index contributed by atoms with van der Waals surface area (Å²) < 4.78 is 57.5. The fourth-order valence-corrected chi connectivity index (χ4v) is 5.92. The van der Waals surface area contributed by atoms with Crippen LogP contribution < -0.4 is 11.6 Å². The van der Waals surface area contributed by atoms with Crippen molar-refractivity contribution in [2.45, 2.75) is 19.0 Å². The third-order valence-corrected chi connectivity index (χ3v) is 8.10. The van der Waals surface area contributed by atoms with E-state index in [0.29, 0.717) is 23.7 Å². The number of ketones is 1. The van der Waals surface area contributed by atoms with E-state index >= 15 is 0 Å². The second kappa shape index (κ2) is 10.1. The highest BCUT2D eigenvalue weighted by atomic mass is 32.2. The number of carbonyl (C=O) groups is 1. The number of nitrogens with two attached hydrogens (primary N) is 2. The molecule has 4 N–H and O–H groups in total. The summed E-state index contributed by atoms with van der Waals surface area (Å²) in [5, 5.41) is 6.37. The summed E-state index contributed by atoms with van der Waals surface area (Å²) in [6.07, 6.45) is 1.89. The monoisotopic (exact) mass is 559 g/mol. The number of piperidine rings is 1. The van der Waals surface area contributed by atoms with Gasteiger partial charge in [0.15, 0.2) is 5.78 Å². The number of benzene rings is 1. The molecule has 2 aliphatic rings. The largest absolute Gasteiger partial charge is 0.416 e. The van der Waals surface area contributed by atoms with Crippen LogP contribution in [0.4, 0.5) is 17.6 Å². The molecule has 1 aliphatic carbocycles. The van der Waals surface area contributed by atoms with Crippen molar-refractivity contribution in [2.75, 3.05) is 20.1 Å². The lowest BCUT2D eigenvalue weighted by molar-refractivity contribution is -0.137. The van der Waals surface area contributed by atoms with Crippen LogP contribution in [-0.4, -0.2) is 50.0 Å². The average molecular weight is 560 g/mol. The summed E-state index contributed by atoms with van der Waals surface area (Å²) in [6.45, 7) is 0.722. The van der Waals surface area contributed by atoms with Crippen molar-refractivity contribution in [1.29, 1.82) is 0 Å². The molecular formula is C26H25F4N7OS. The molecule has 3 aromatic rings.